The third-order valence-electron chi connectivity index (χ3n) is 2.69. The second kappa shape index (κ2) is 4.55. The number of rotatable bonds is 2. The predicted molar refractivity (Wildman–Crippen MR) is 57.7 cm³/mol. The van der Waals surface area contributed by atoms with Crippen molar-refractivity contribution in [3.8, 4) is 0 Å². The third kappa shape index (κ3) is 2.43. The fourth-order valence-electron chi connectivity index (χ4n) is 1.64. The van der Waals surface area contributed by atoms with Gasteiger partial charge in [0, 0.05) is 26.2 Å². The molecule has 1 saturated heterocycles. The van der Waals surface area contributed by atoms with Crippen molar-refractivity contribution in [2.24, 2.45) is 0 Å². The van der Waals surface area contributed by atoms with E-state index in [4.69, 9.17) is 5.11 Å². The van der Waals surface area contributed by atoms with Crippen molar-refractivity contribution in [3.05, 3.63) is 17.8 Å². The van der Waals surface area contributed by atoms with Crippen LogP contribution in [0.25, 0.3) is 0 Å². The Morgan fingerprint density at radius 1 is 1.20 bits per heavy atom. The van der Waals surface area contributed by atoms with Gasteiger partial charge in [-0.25, -0.2) is 0 Å². The lowest BCUT2D eigenvalue weighted by Gasteiger charge is -2.32. The van der Waals surface area contributed by atoms with Crippen LogP contribution in [0.2, 0.25) is 0 Å². The van der Waals surface area contributed by atoms with Gasteiger partial charge in [0.2, 0.25) is 0 Å². The van der Waals surface area contributed by atoms with Gasteiger partial charge in [0.25, 0.3) is 0 Å². The molecular weight excluding hydrogens is 192 g/mol. The highest BCUT2D eigenvalue weighted by Crippen LogP contribution is 2.11. The van der Waals surface area contributed by atoms with Crippen LogP contribution in [-0.2, 0) is 6.61 Å². The highest BCUT2D eigenvalue weighted by molar-refractivity contribution is 5.37. The number of aliphatic hydroxyl groups excluding tert-OH is 1. The summed E-state index contributed by atoms with van der Waals surface area (Å²) >= 11 is 0. The van der Waals surface area contributed by atoms with Crippen molar-refractivity contribution < 1.29 is 5.11 Å². The average Bonchev–Trinajstić information content (AvgIpc) is 2.30. The standard InChI is InChI=1S/C10H16N4O/c1-13-4-6-14(7-5-13)10-3-2-9(8-15)11-12-10/h2-3,15H,4-8H2,1H3. The first kappa shape index (κ1) is 10.3. The van der Waals surface area contributed by atoms with Gasteiger partial charge in [-0.1, -0.05) is 0 Å². The van der Waals surface area contributed by atoms with Crippen LogP contribution >= 0.6 is 0 Å². The van der Waals surface area contributed by atoms with E-state index >= 15 is 0 Å². The van der Waals surface area contributed by atoms with Crippen LogP contribution in [0.4, 0.5) is 5.82 Å². The zero-order valence-electron chi connectivity index (χ0n) is 8.93. The molecule has 1 N–H and O–H groups in total. The van der Waals surface area contributed by atoms with Crippen molar-refractivity contribution in [3.63, 3.8) is 0 Å². The maximum atomic E-state index is 8.85. The van der Waals surface area contributed by atoms with Crippen molar-refractivity contribution >= 4 is 5.82 Å². The minimum Gasteiger partial charge on any atom is -0.390 e. The molecule has 1 aliphatic rings. The lowest BCUT2D eigenvalue weighted by molar-refractivity contribution is 0.275. The summed E-state index contributed by atoms with van der Waals surface area (Å²) < 4.78 is 0. The van der Waals surface area contributed by atoms with Gasteiger partial charge in [-0.3, -0.25) is 0 Å². The average molecular weight is 208 g/mol. The molecule has 0 bridgehead atoms. The third-order valence-corrected chi connectivity index (χ3v) is 2.69. The Morgan fingerprint density at radius 3 is 2.47 bits per heavy atom. The largest absolute Gasteiger partial charge is 0.390 e. The predicted octanol–water partition coefficient (Wildman–Crippen LogP) is -0.279. The van der Waals surface area contributed by atoms with E-state index in [1.54, 1.807) is 0 Å². The van der Waals surface area contributed by atoms with E-state index in [-0.39, 0.29) is 6.61 Å². The molecule has 0 radical (unpaired) electrons. The Kier molecular flexibility index (Phi) is 3.13. The molecule has 5 nitrogen and oxygen atoms in total. The first-order valence-corrected chi connectivity index (χ1v) is 5.16. The van der Waals surface area contributed by atoms with Gasteiger partial charge in [-0.2, -0.15) is 5.10 Å². The summed E-state index contributed by atoms with van der Waals surface area (Å²) in [6.07, 6.45) is 0. The highest BCUT2D eigenvalue weighted by Gasteiger charge is 2.15. The summed E-state index contributed by atoms with van der Waals surface area (Å²) in [7, 11) is 2.12. The van der Waals surface area contributed by atoms with E-state index in [9.17, 15) is 0 Å². The smallest absolute Gasteiger partial charge is 0.151 e. The minimum atomic E-state index is -0.0456. The van der Waals surface area contributed by atoms with Crippen LogP contribution in [0.1, 0.15) is 5.69 Å². The number of piperazine rings is 1. The normalized spacial score (nSPS) is 18.1. The first-order chi connectivity index (χ1) is 7.29. The molecule has 1 aromatic heterocycles. The van der Waals surface area contributed by atoms with Gasteiger partial charge in [-0.05, 0) is 19.2 Å². The van der Waals surface area contributed by atoms with Crippen LogP contribution in [0.15, 0.2) is 12.1 Å². The second-order valence-electron chi connectivity index (χ2n) is 3.83. The molecule has 1 aliphatic heterocycles. The van der Waals surface area contributed by atoms with Crippen molar-refractivity contribution in [2.75, 3.05) is 38.1 Å². The molecule has 0 atom stereocenters. The summed E-state index contributed by atoms with van der Waals surface area (Å²) in [5, 5.41) is 16.9. The fraction of sp³-hybridized carbons (Fsp3) is 0.600. The summed E-state index contributed by atoms with van der Waals surface area (Å²) in [6, 6.07) is 3.74. The second-order valence-corrected chi connectivity index (χ2v) is 3.83. The van der Waals surface area contributed by atoms with E-state index in [2.05, 4.69) is 27.0 Å². The Hall–Kier alpha value is -1.20. The SMILES string of the molecule is CN1CCN(c2ccc(CO)nn2)CC1. The molecule has 5 heteroatoms. The van der Waals surface area contributed by atoms with Gasteiger partial charge in [0.15, 0.2) is 5.82 Å². The maximum absolute atomic E-state index is 8.85. The monoisotopic (exact) mass is 208 g/mol. The number of aliphatic hydroxyl groups is 1. The molecule has 0 saturated carbocycles. The van der Waals surface area contributed by atoms with Gasteiger partial charge in [-0.15, -0.1) is 5.10 Å². The zero-order valence-corrected chi connectivity index (χ0v) is 8.93. The Labute approximate surface area is 89.3 Å². The van der Waals surface area contributed by atoms with E-state index in [1.165, 1.54) is 0 Å². The number of likely N-dealkylation sites (N-methyl/N-ethyl adjacent to an activating group) is 1. The van der Waals surface area contributed by atoms with Gasteiger partial charge in [0.05, 0.1) is 12.3 Å². The molecule has 15 heavy (non-hydrogen) atoms. The lowest BCUT2D eigenvalue weighted by Crippen LogP contribution is -2.44. The molecule has 0 aromatic carbocycles. The van der Waals surface area contributed by atoms with Crippen LogP contribution in [-0.4, -0.2) is 53.4 Å². The van der Waals surface area contributed by atoms with E-state index in [1.807, 2.05) is 12.1 Å². The summed E-state index contributed by atoms with van der Waals surface area (Å²) in [5.41, 5.74) is 0.618. The maximum Gasteiger partial charge on any atom is 0.151 e. The summed E-state index contributed by atoms with van der Waals surface area (Å²) in [6.45, 7) is 4.05. The van der Waals surface area contributed by atoms with Crippen LogP contribution in [0.5, 0.6) is 0 Å². The Balaban J connectivity index is 2.03. The molecule has 0 unspecified atom stereocenters. The Bertz CT molecular complexity index is 306. The summed E-state index contributed by atoms with van der Waals surface area (Å²) in [4.78, 5) is 4.51. The van der Waals surface area contributed by atoms with E-state index in [0.29, 0.717) is 5.69 Å². The first-order valence-electron chi connectivity index (χ1n) is 5.16. The van der Waals surface area contributed by atoms with Gasteiger partial charge in [0.1, 0.15) is 0 Å². The van der Waals surface area contributed by atoms with Crippen LogP contribution in [0.3, 0.4) is 0 Å². The van der Waals surface area contributed by atoms with Crippen molar-refractivity contribution in [2.45, 2.75) is 6.61 Å². The van der Waals surface area contributed by atoms with Crippen molar-refractivity contribution in [1.29, 1.82) is 0 Å². The molecule has 0 spiro atoms. The minimum absolute atomic E-state index is 0.0456. The fourth-order valence-corrected chi connectivity index (χ4v) is 1.64. The number of hydrogen-bond acceptors (Lipinski definition) is 5. The number of anilines is 1. The highest BCUT2D eigenvalue weighted by atomic mass is 16.3. The zero-order chi connectivity index (χ0) is 10.7. The topological polar surface area (TPSA) is 52.5 Å². The number of aromatic nitrogens is 2. The van der Waals surface area contributed by atoms with Crippen molar-refractivity contribution in [1.82, 2.24) is 15.1 Å². The molecule has 0 aliphatic carbocycles. The van der Waals surface area contributed by atoms with E-state index < -0.39 is 0 Å². The van der Waals surface area contributed by atoms with Crippen LogP contribution in [0, 0.1) is 0 Å². The molecule has 0 amide bonds. The molecule has 2 heterocycles. The lowest BCUT2D eigenvalue weighted by atomic mass is 10.3. The molecule has 1 fully saturated rings. The molecule has 1 aromatic rings. The van der Waals surface area contributed by atoms with Gasteiger partial charge >= 0.3 is 0 Å². The number of nitrogens with zero attached hydrogens (tertiary/aromatic N) is 4. The number of hydrogen-bond donors (Lipinski definition) is 1. The summed E-state index contributed by atoms with van der Waals surface area (Å²) in [5.74, 6) is 0.903. The Morgan fingerprint density at radius 2 is 1.93 bits per heavy atom. The molecule has 2 rings (SSSR count). The van der Waals surface area contributed by atoms with Gasteiger partial charge < -0.3 is 14.9 Å². The molecule has 82 valence electrons. The molecular formula is C10H16N4O. The quantitative estimate of drug-likeness (QED) is 0.724. The van der Waals surface area contributed by atoms with Crippen LogP contribution < -0.4 is 4.90 Å². The van der Waals surface area contributed by atoms with E-state index in [0.717, 1.165) is 32.0 Å².